The third-order valence-electron chi connectivity index (χ3n) is 6.62. The molecule has 180 valence electrons. The fourth-order valence-electron chi connectivity index (χ4n) is 4.91. The van der Waals surface area contributed by atoms with Crippen molar-refractivity contribution in [1.29, 1.82) is 0 Å². The van der Waals surface area contributed by atoms with Gasteiger partial charge in [-0.25, -0.2) is 4.98 Å². The van der Waals surface area contributed by atoms with E-state index in [0.29, 0.717) is 30.3 Å². The van der Waals surface area contributed by atoms with Crippen LogP contribution in [0.4, 0.5) is 0 Å². The van der Waals surface area contributed by atoms with Gasteiger partial charge in [-0.1, -0.05) is 30.3 Å². The number of methoxy groups -OCH3 is 3. The number of likely N-dealkylation sites (tertiary alicyclic amines) is 1. The molecule has 0 radical (unpaired) electrons. The average molecular weight is 472 g/mol. The Balaban J connectivity index is 1.55. The lowest BCUT2D eigenvalue weighted by Gasteiger charge is -2.32. The minimum Gasteiger partial charge on any atom is -0.497 e. The van der Waals surface area contributed by atoms with Crippen LogP contribution in [0.5, 0.6) is 17.4 Å². The minimum atomic E-state index is -0.0204. The van der Waals surface area contributed by atoms with E-state index in [2.05, 4.69) is 10.5 Å². The molecule has 1 saturated heterocycles. The molecular formula is C28H29N3O4. The monoisotopic (exact) mass is 471 g/mol. The number of piperidine rings is 1. The van der Waals surface area contributed by atoms with Gasteiger partial charge in [0.05, 0.1) is 38.1 Å². The number of ether oxygens (including phenoxy) is 3. The number of fused-ring (bicyclic) bond motifs is 1. The molecule has 0 spiro atoms. The first kappa shape index (κ1) is 22.8. The lowest BCUT2D eigenvalue weighted by atomic mass is 9.96. The van der Waals surface area contributed by atoms with Crippen molar-refractivity contribution in [2.75, 3.05) is 34.4 Å². The quantitative estimate of drug-likeness (QED) is 0.394. The Hall–Kier alpha value is -4.00. The largest absolute Gasteiger partial charge is 0.497 e. The van der Waals surface area contributed by atoms with Crippen molar-refractivity contribution < 1.29 is 19.0 Å². The molecule has 0 saturated carbocycles. The Labute approximate surface area is 204 Å². The summed E-state index contributed by atoms with van der Waals surface area (Å²) in [5.74, 6) is 3.02. The highest BCUT2D eigenvalue weighted by Crippen LogP contribution is 2.36. The predicted octanol–water partition coefficient (Wildman–Crippen LogP) is 5.05. The number of rotatable bonds is 6. The Bertz CT molecular complexity index is 1360. The SMILES string of the molecule is COc1cccc(-c2nc(C3CCCN(C(=O)c4ccccc4OC)C3)n3c(OC)cccc23)c1. The molecule has 0 N–H and O–H groups in total. The van der Waals surface area contributed by atoms with Gasteiger partial charge < -0.3 is 19.1 Å². The van der Waals surface area contributed by atoms with Gasteiger partial charge in [0.15, 0.2) is 5.88 Å². The average Bonchev–Trinajstić information content (AvgIpc) is 3.33. The molecule has 3 heterocycles. The molecule has 4 aromatic rings. The first-order valence-electron chi connectivity index (χ1n) is 11.8. The van der Waals surface area contributed by atoms with E-state index in [-0.39, 0.29) is 11.8 Å². The van der Waals surface area contributed by atoms with Crippen LogP contribution in [-0.2, 0) is 0 Å². The molecule has 1 aliphatic heterocycles. The topological polar surface area (TPSA) is 65.3 Å². The highest BCUT2D eigenvalue weighted by Gasteiger charge is 2.31. The minimum absolute atomic E-state index is 0.0204. The van der Waals surface area contributed by atoms with Gasteiger partial charge in [-0.2, -0.15) is 0 Å². The maximum atomic E-state index is 13.4. The van der Waals surface area contributed by atoms with E-state index in [1.807, 2.05) is 65.6 Å². The summed E-state index contributed by atoms with van der Waals surface area (Å²) in [7, 11) is 4.92. The number of para-hydroxylation sites is 1. The fourth-order valence-corrected chi connectivity index (χ4v) is 4.91. The number of hydrogen-bond acceptors (Lipinski definition) is 5. The van der Waals surface area contributed by atoms with Crippen LogP contribution in [-0.4, -0.2) is 54.6 Å². The maximum Gasteiger partial charge on any atom is 0.257 e. The van der Waals surface area contributed by atoms with E-state index >= 15 is 0 Å². The van der Waals surface area contributed by atoms with E-state index in [0.717, 1.165) is 41.2 Å². The first-order valence-corrected chi connectivity index (χ1v) is 11.8. The van der Waals surface area contributed by atoms with Gasteiger partial charge >= 0.3 is 0 Å². The zero-order valence-corrected chi connectivity index (χ0v) is 20.2. The van der Waals surface area contributed by atoms with E-state index in [1.165, 1.54) is 0 Å². The summed E-state index contributed by atoms with van der Waals surface area (Å²) >= 11 is 0. The van der Waals surface area contributed by atoms with E-state index in [1.54, 1.807) is 21.3 Å². The number of aromatic nitrogens is 2. The van der Waals surface area contributed by atoms with Gasteiger partial charge in [0.1, 0.15) is 17.3 Å². The number of amides is 1. The summed E-state index contributed by atoms with van der Waals surface area (Å²) in [6.07, 6.45) is 1.83. The molecule has 1 fully saturated rings. The number of imidazole rings is 1. The molecular weight excluding hydrogens is 442 g/mol. The molecule has 2 aromatic heterocycles. The molecule has 5 rings (SSSR count). The van der Waals surface area contributed by atoms with E-state index in [4.69, 9.17) is 19.2 Å². The molecule has 1 amide bonds. The van der Waals surface area contributed by atoms with E-state index < -0.39 is 0 Å². The van der Waals surface area contributed by atoms with Gasteiger partial charge in [-0.15, -0.1) is 0 Å². The third-order valence-corrected chi connectivity index (χ3v) is 6.62. The van der Waals surface area contributed by atoms with Gasteiger partial charge in [0.25, 0.3) is 5.91 Å². The zero-order chi connectivity index (χ0) is 24.4. The summed E-state index contributed by atoms with van der Waals surface area (Å²) < 4.78 is 18.7. The smallest absolute Gasteiger partial charge is 0.257 e. The van der Waals surface area contributed by atoms with Crippen molar-refractivity contribution in [2.45, 2.75) is 18.8 Å². The second kappa shape index (κ2) is 9.70. The molecule has 0 bridgehead atoms. The van der Waals surface area contributed by atoms with Crippen LogP contribution in [0.3, 0.4) is 0 Å². The van der Waals surface area contributed by atoms with Crippen molar-refractivity contribution in [3.63, 3.8) is 0 Å². The predicted molar refractivity (Wildman–Crippen MR) is 135 cm³/mol. The number of benzene rings is 2. The van der Waals surface area contributed by atoms with Crippen molar-refractivity contribution >= 4 is 11.4 Å². The van der Waals surface area contributed by atoms with Gasteiger partial charge in [-0.05, 0) is 49.2 Å². The lowest BCUT2D eigenvalue weighted by molar-refractivity contribution is 0.0701. The number of hydrogen-bond donors (Lipinski definition) is 0. The number of nitrogens with zero attached hydrogens (tertiary/aromatic N) is 3. The zero-order valence-electron chi connectivity index (χ0n) is 20.2. The van der Waals surface area contributed by atoms with Crippen LogP contribution >= 0.6 is 0 Å². The molecule has 35 heavy (non-hydrogen) atoms. The number of carbonyl (C=O) groups excluding carboxylic acids is 1. The normalized spacial score (nSPS) is 15.7. The molecule has 1 unspecified atom stereocenters. The van der Waals surface area contributed by atoms with Crippen LogP contribution in [0, 0.1) is 0 Å². The summed E-state index contributed by atoms with van der Waals surface area (Å²) in [5, 5.41) is 0. The Morgan fingerprint density at radius 3 is 2.57 bits per heavy atom. The van der Waals surface area contributed by atoms with Crippen LogP contribution < -0.4 is 14.2 Å². The van der Waals surface area contributed by atoms with Crippen LogP contribution in [0.25, 0.3) is 16.8 Å². The molecule has 2 aromatic carbocycles. The Morgan fingerprint density at radius 2 is 1.77 bits per heavy atom. The van der Waals surface area contributed by atoms with Gasteiger partial charge in [-0.3, -0.25) is 9.20 Å². The van der Waals surface area contributed by atoms with Crippen LogP contribution in [0.1, 0.15) is 34.9 Å². The molecule has 7 heteroatoms. The summed E-state index contributed by atoms with van der Waals surface area (Å²) in [6.45, 7) is 1.28. The highest BCUT2D eigenvalue weighted by atomic mass is 16.5. The van der Waals surface area contributed by atoms with E-state index in [9.17, 15) is 4.79 Å². The Morgan fingerprint density at radius 1 is 0.943 bits per heavy atom. The second-order valence-electron chi connectivity index (χ2n) is 8.63. The lowest BCUT2D eigenvalue weighted by Crippen LogP contribution is -2.39. The van der Waals surface area contributed by atoms with Gasteiger partial charge in [0.2, 0.25) is 0 Å². The summed E-state index contributed by atoms with van der Waals surface area (Å²) in [4.78, 5) is 20.5. The Kier molecular flexibility index (Phi) is 6.31. The first-order chi connectivity index (χ1) is 17.1. The highest BCUT2D eigenvalue weighted by molar-refractivity contribution is 5.97. The van der Waals surface area contributed by atoms with Crippen molar-refractivity contribution in [3.8, 4) is 28.6 Å². The fraction of sp³-hybridized carbons (Fsp3) is 0.286. The van der Waals surface area contributed by atoms with Crippen molar-refractivity contribution in [3.05, 3.63) is 78.1 Å². The standard InChI is InChI=1S/C28H29N3O4/c1-33-21-11-6-9-19(17-21)26-23-13-7-15-25(35-3)31(23)27(29-26)20-10-8-16-30(18-20)28(32)22-12-4-5-14-24(22)34-2/h4-7,9,11-15,17,20H,8,10,16,18H2,1-3H3. The molecule has 1 atom stereocenters. The second-order valence-corrected chi connectivity index (χ2v) is 8.63. The van der Waals surface area contributed by atoms with Crippen LogP contribution in [0.2, 0.25) is 0 Å². The summed E-state index contributed by atoms with van der Waals surface area (Å²) in [6, 6.07) is 21.3. The molecule has 1 aliphatic rings. The van der Waals surface area contributed by atoms with Gasteiger partial charge in [0, 0.05) is 24.6 Å². The molecule has 0 aliphatic carbocycles. The van der Waals surface area contributed by atoms with Crippen molar-refractivity contribution in [1.82, 2.24) is 14.3 Å². The van der Waals surface area contributed by atoms with Crippen molar-refractivity contribution in [2.24, 2.45) is 0 Å². The summed E-state index contributed by atoms with van der Waals surface area (Å²) in [5.41, 5.74) is 3.38. The maximum absolute atomic E-state index is 13.4. The third kappa shape index (κ3) is 4.18. The van der Waals surface area contributed by atoms with Crippen LogP contribution in [0.15, 0.2) is 66.7 Å². The number of carbonyl (C=O) groups is 1. The number of pyridine rings is 1. The molecule has 7 nitrogen and oxygen atoms in total.